The molecule has 0 radical (unpaired) electrons. The van der Waals surface area contributed by atoms with E-state index in [0.29, 0.717) is 11.2 Å². The molecule has 1 aliphatic rings. The van der Waals surface area contributed by atoms with E-state index >= 15 is 0 Å². The monoisotopic (exact) mass is 212 g/mol. The Morgan fingerprint density at radius 2 is 2.43 bits per heavy atom. The van der Waals surface area contributed by atoms with Crippen molar-refractivity contribution in [1.82, 2.24) is 15.5 Å². The van der Waals surface area contributed by atoms with Gasteiger partial charge < -0.3 is 10.6 Å². The molecule has 14 heavy (non-hydrogen) atoms. The number of hydrogen-bond acceptors (Lipinski definition) is 5. The maximum atomic E-state index is 11.6. The number of carbonyl (C=O) groups excluding carboxylic acids is 1. The predicted octanol–water partition coefficient (Wildman–Crippen LogP) is 0.475. The second-order valence-corrected chi connectivity index (χ2v) is 4.22. The minimum Gasteiger partial charge on any atom is -0.317 e. The first-order valence-electron chi connectivity index (χ1n) is 4.54. The van der Waals surface area contributed by atoms with Gasteiger partial charge >= 0.3 is 0 Å². The Kier molecular flexibility index (Phi) is 2.74. The fourth-order valence-electron chi connectivity index (χ4n) is 1.50. The summed E-state index contributed by atoms with van der Waals surface area (Å²) in [6, 6.07) is 0.500. The van der Waals surface area contributed by atoms with Crippen molar-refractivity contribution >= 4 is 22.4 Å². The summed E-state index contributed by atoms with van der Waals surface area (Å²) < 4.78 is 0. The van der Waals surface area contributed by atoms with Gasteiger partial charge in [0.15, 0.2) is 0 Å². The largest absolute Gasteiger partial charge is 0.317 e. The Labute approximate surface area is 85.9 Å². The number of rotatable bonds is 3. The molecule has 1 amide bonds. The van der Waals surface area contributed by atoms with Crippen LogP contribution in [-0.2, 0) is 4.79 Å². The first-order chi connectivity index (χ1) is 6.79. The quantitative estimate of drug-likeness (QED) is 0.764. The van der Waals surface area contributed by atoms with E-state index in [2.05, 4.69) is 20.8 Å². The lowest BCUT2D eigenvalue weighted by molar-refractivity contribution is -0.122. The fraction of sp³-hybridized carbons (Fsp3) is 0.625. The molecule has 0 aliphatic heterocycles. The molecule has 0 saturated heterocycles. The van der Waals surface area contributed by atoms with Gasteiger partial charge in [-0.25, -0.2) is 0 Å². The summed E-state index contributed by atoms with van der Waals surface area (Å²) in [4.78, 5) is 11.6. The number of nitrogens with zero attached hydrogens (tertiary/aromatic N) is 2. The third kappa shape index (κ3) is 1.91. The highest BCUT2D eigenvalue weighted by molar-refractivity contribution is 7.13. The van der Waals surface area contributed by atoms with Gasteiger partial charge in [0.2, 0.25) is 11.0 Å². The molecule has 1 aromatic heterocycles. The lowest BCUT2D eigenvalue weighted by Gasteiger charge is -2.33. The average molecular weight is 212 g/mol. The Hall–Kier alpha value is -1.01. The SMILES string of the molecule is CNC1CC(C(=O)Nc2nncs2)C1. The van der Waals surface area contributed by atoms with E-state index in [9.17, 15) is 4.79 Å². The smallest absolute Gasteiger partial charge is 0.229 e. The summed E-state index contributed by atoms with van der Waals surface area (Å²) >= 11 is 1.34. The summed E-state index contributed by atoms with van der Waals surface area (Å²) in [6.45, 7) is 0. The van der Waals surface area contributed by atoms with E-state index in [-0.39, 0.29) is 11.8 Å². The zero-order chi connectivity index (χ0) is 9.97. The normalized spacial score (nSPS) is 25.5. The molecular formula is C8H12N4OS. The van der Waals surface area contributed by atoms with Crippen LogP contribution in [0.1, 0.15) is 12.8 Å². The predicted molar refractivity (Wildman–Crippen MR) is 54.1 cm³/mol. The van der Waals surface area contributed by atoms with Gasteiger partial charge in [-0.15, -0.1) is 10.2 Å². The minimum absolute atomic E-state index is 0.0632. The zero-order valence-electron chi connectivity index (χ0n) is 7.86. The van der Waals surface area contributed by atoms with Gasteiger partial charge in [0.05, 0.1) is 0 Å². The third-order valence-electron chi connectivity index (χ3n) is 2.51. The highest BCUT2D eigenvalue weighted by Gasteiger charge is 2.33. The standard InChI is InChI=1S/C8H12N4OS/c1-9-6-2-5(3-6)7(13)11-8-12-10-4-14-8/h4-6,9H,2-3H2,1H3,(H,11,12,13). The van der Waals surface area contributed by atoms with Crippen LogP contribution in [0.2, 0.25) is 0 Å². The maximum Gasteiger partial charge on any atom is 0.229 e. The Morgan fingerprint density at radius 3 is 3.00 bits per heavy atom. The van der Waals surface area contributed by atoms with Gasteiger partial charge in [-0.1, -0.05) is 11.3 Å². The number of nitrogens with one attached hydrogen (secondary N) is 2. The lowest BCUT2D eigenvalue weighted by atomic mass is 9.80. The summed E-state index contributed by atoms with van der Waals surface area (Å²) in [5.41, 5.74) is 1.60. The maximum absolute atomic E-state index is 11.6. The molecule has 0 bridgehead atoms. The van der Waals surface area contributed by atoms with Gasteiger partial charge in [0, 0.05) is 12.0 Å². The van der Waals surface area contributed by atoms with Crippen LogP contribution in [0, 0.1) is 5.92 Å². The van der Waals surface area contributed by atoms with Crippen LogP contribution in [0.5, 0.6) is 0 Å². The van der Waals surface area contributed by atoms with Crippen LogP contribution in [0.4, 0.5) is 5.13 Å². The molecule has 1 aromatic rings. The Morgan fingerprint density at radius 1 is 1.64 bits per heavy atom. The zero-order valence-corrected chi connectivity index (χ0v) is 8.67. The molecule has 1 saturated carbocycles. The van der Waals surface area contributed by atoms with Gasteiger partial charge in [-0.05, 0) is 19.9 Å². The number of hydrogen-bond donors (Lipinski definition) is 2. The van der Waals surface area contributed by atoms with Crippen molar-refractivity contribution in [2.24, 2.45) is 5.92 Å². The molecule has 2 N–H and O–H groups in total. The summed E-state index contributed by atoms with van der Waals surface area (Å²) in [5, 5.41) is 13.9. The molecule has 0 unspecified atom stereocenters. The van der Waals surface area contributed by atoms with Crippen LogP contribution < -0.4 is 10.6 Å². The van der Waals surface area contributed by atoms with Gasteiger partial charge in [-0.2, -0.15) is 0 Å². The number of aromatic nitrogens is 2. The van der Waals surface area contributed by atoms with Crippen molar-refractivity contribution in [3.63, 3.8) is 0 Å². The molecule has 1 aliphatic carbocycles. The van der Waals surface area contributed by atoms with Crippen molar-refractivity contribution < 1.29 is 4.79 Å². The van der Waals surface area contributed by atoms with E-state index < -0.39 is 0 Å². The Bertz CT molecular complexity index is 307. The van der Waals surface area contributed by atoms with E-state index in [1.165, 1.54) is 11.3 Å². The lowest BCUT2D eigenvalue weighted by Crippen LogP contribution is -2.44. The highest BCUT2D eigenvalue weighted by atomic mass is 32.1. The topological polar surface area (TPSA) is 66.9 Å². The first kappa shape index (κ1) is 9.54. The average Bonchev–Trinajstić information content (AvgIpc) is 2.54. The summed E-state index contributed by atoms with van der Waals surface area (Å²) in [7, 11) is 1.92. The molecule has 0 aromatic carbocycles. The molecule has 1 fully saturated rings. The van der Waals surface area contributed by atoms with Crippen molar-refractivity contribution in [2.75, 3.05) is 12.4 Å². The minimum atomic E-state index is 0.0632. The van der Waals surface area contributed by atoms with E-state index in [0.717, 1.165) is 12.8 Å². The first-order valence-corrected chi connectivity index (χ1v) is 5.42. The second-order valence-electron chi connectivity index (χ2n) is 3.39. The highest BCUT2D eigenvalue weighted by Crippen LogP contribution is 2.28. The van der Waals surface area contributed by atoms with Crippen LogP contribution in [-0.4, -0.2) is 29.2 Å². The van der Waals surface area contributed by atoms with Crippen molar-refractivity contribution in [3.8, 4) is 0 Å². The van der Waals surface area contributed by atoms with Gasteiger partial charge in [-0.3, -0.25) is 4.79 Å². The fourth-order valence-corrected chi connectivity index (χ4v) is 1.95. The van der Waals surface area contributed by atoms with Gasteiger partial charge in [0.1, 0.15) is 5.51 Å². The van der Waals surface area contributed by atoms with Crippen molar-refractivity contribution in [3.05, 3.63) is 5.51 Å². The van der Waals surface area contributed by atoms with Gasteiger partial charge in [0.25, 0.3) is 0 Å². The third-order valence-corrected chi connectivity index (χ3v) is 3.11. The summed E-state index contributed by atoms with van der Waals surface area (Å²) in [5.74, 6) is 0.199. The molecule has 0 atom stereocenters. The van der Waals surface area contributed by atoms with Crippen LogP contribution in [0.25, 0.3) is 0 Å². The van der Waals surface area contributed by atoms with E-state index in [1.807, 2.05) is 7.05 Å². The number of carbonyl (C=O) groups is 1. The van der Waals surface area contributed by atoms with Crippen molar-refractivity contribution in [2.45, 2.75) is 18.9 Å². The molecule has 5 nitrogen and oxygen atoms in total. The number of amides is 1. The molecule has 1 heterocycles. The Balaban J connectivity index is 1.80. The molecule has 2 rings (SSSR count). The number of anilines is 1. The van der Waals surface area contributed by atoms with Crippen LogP contribution in [0.15, 0.2) is 5.51 Å². The van der Waals surface area contributed by atoms with E-state index in [1.54, 1.807) is 5.51 Å². The molecule has 6 heteroatoms. The van der Waals surface area contributed by atoms with E-state index in [4.69, 9.17) is 0 Å². The van der Waals surface area contributed by atoms with Crippen LogP contribution >= 0.6 is 11.3 Å². The van der Waals surface area contributed by atoms with Crippen LogP contribution in [0.3, 0.4) is 0 Å². The molecular weight excluding hydrogens is 200 g/mol. The van der Waals surface area contributed by atoms with Crippen molar-refractivity contribution in [1.29, 1.82) is 0 Å². The second kappa shape index (κ2) is 4.02. The summed E-state index contributed by atoms with van der Waals surface area (Å²) in [6.07, 6.45) is 1.84. The molecule has 76 valence electrons. The molecule has 0 spiro atoms.